The number of anilines is 2. The van der Waals surface area contributed by atoms with Crippen LogP contribution < -0.4 is 25.4 Å². The average molecular weight is 543 g/mol. The van der Waals surface area contributed by atoms with Gasteiger partial charge in [0, 0.05) is 17.3 Å². The molecule has 0 saturated carbocycles. The summed E-state index contributed by atoms with van der Waals surface area (Å²) in [4.78, 5) is 30.5. The number of hydrogen-bond donors (Lipinski definition) is 3. The van der Waals surface area contributed by atoms with Crippen LogP contribution in [0, 0.1) is 0 Å². The molecule has 37 heavy (non-hydrogen) atoms. The van der Waals surface area contributed by atoms with Crippen molar-refractivity contribution in [1.82, 2.24) is 10.3 Å². The Labute approximate surface area is 225 Å². The zero-order chi connectivity index (χ0) is 26.4. The largest absolute Gasteiger partial charge is 0.491 e. The van der Waals surface area contributed by atoms with Gasteiger partial charge in [0.15, 0.2) is 0 Å². The van der Waals surface area contributed by atoms with E-state index in [0.29, 0.717) is 32.9 Å². The third-order valence-corrected chi connectivity index (χ3v) is 6.05. The van der Waals surface area contributed by atoms with Gasteiger partial charge >= 0.3 is 0 Å². The maximum Gasteiger partial charge on any atom is 0.259 e. The van der Waals surface area contributed by atoms with Gasteiger partial charge in [-0.2, -0.15) is 0 Å². The van der Waals surface area contributed by atoms with Gasteiger partial charge in [0.25, 0.3) is 11.8 Å². The lowest BCUT2D eigenvalue weighted by molar-refractivity contribution is 0.101. The topological polar surface area (TPSA) is 102 Å². The number of benzene rings is 2. The van der Waals surface area contributed by atoms with Crippen molar-refractivity contribution < 1.29 is 19.1 Å². The van der Waals surface area contributed by atoms with E-state index >= 15 is 0 Å². The minimum Gasteiger partial charge on any atom is -0.491 e. The molecule has 10 heteroatoms. The maximum atomic E-state index is 13.4. The van der Waals surface area contributed by atoms with Gasteiger partial charge in [-0.15, -0.1) is 0 Å². The van der Waals surface area contributed by atoms with E-state index < -0.39 is 11.8 Å². The van der Waals surface area contributed by atoms with Crippen LogP contribution in [-0.2, 0) is 0 Å². The van der Waals surface area contributed by atoms with Gasteiger partial charge in [0.05, 0.1) is 27.9 Å². The Morgan fingerprint density at radius 1 is 0.946 bits per heavy atom. The highest BCUT2D eigenvalue weighted by atomic mass is 35.5. The van der Waals surface area contributed by atoms with Gasteiger partial charge in [-0.1, -0.05) is 23.2 Å². The van der Waals surface area contributed by atoms with Gasteiger partial charge < -0.3 is 25.4 Å². The molecule has 3 aromatic rings. The van der Waals surface area contributed by atoms with Crippen molar-refractivity contribution in [3.63, 3.8) is 0 Å². The molecule has 2 heterocycles. The number of pyridine rings is 1. The highest BCUT2D eigenvalue weighted by molar-refractivity contribution is 6.31. The van der Waals surface area contributed by atoms with Gasteiger partial charge in [-0.05, 0) is 82.2 Å². The summed E-state index contributed by atoms with van der Waals surface area (Å²) in [6.07, 6.45) is 3.03. The standard InChI is InChI=1S/C27H28Cl2N4O4/c1-16(2)36-20-5-6-21(24(14-20)37-19-9-11-30-12-10-19)26(34)32-23-7-3-17(28)13-22(23)27(35)33-25-8-4-18(29)15-31-25/h3-8,13-16,19,30H,9-12H2,1-2H3,(H,32,34)(H,31,33,35). The number of halogens is 2. The lowest BCUT2D eigenvalue weighted by Crippen LogP contribution is -2.34. The van der Waals surface area contributed by atoms with E-state index in [-0.39, 0.29) is 23.5 Å². The predicted molar refractivity (Wildman–Crippen MR) is 145 cm³/mol. The number of rotatable bonds is 8. The number of nitrogens with zero attached hydrogens (tertiary/aromatic N) is 1. The van der Waals surface area contributed by atoms with E-state index in [2.05, 4.69) is 20.9 Å². The molecule has 3 N–H and O–H groups in total. The molecule has 0 radical (unpaired) electrons. The molecule has 0 spiro atoms. The molecule has 0 atom stereocenters. The third-order valence-electron chi connectivity index (χ3n) is 5.59. The SMILES string of the molecule is CC(C)Oc1ccc(C(=O)Nc2ccc(Cl)cc2C(=O)Nc2ccc(Cl)cn2)c(OC2CCNCC2)c1. The van der Waals surface area contributed by atoms with Crippen molar-refractivity contribution in [3.8, 4) is 11.5 Å². The second-order valence-corrected chi connectivity index (χ2v) is 9.72. The Morgan fingerprint density at radius 3 is 2.38 bits per heavy atom. The first-order valence-corrected chi connectivity index (χ1v) is 12.8. The maximum absolute atomic E-state index is 13.4. The van der Waals surface area contributed by atoms with Crippen LogP contribution in [0.5, 0.6) is 11.5 Å². The molecule has 4 rings (SSSR count). The highest BCUT2D eigenvalue weighted by Gasteiger charge is 2.22. The molecule has 0 bridgehead atoms. The number of aromatic nitrogens is 1. The molecule has 0 unspecified atom stereocenters. The van der Waals surface area contributed by atoms with Crippen molar-refractivity contribution >= 4 is 46.5 Å². The first-order chi connectivity index (χ1) is 17.8. The van der Waals surface area contributed by atoms with E-state index in [9.17, 15) is 9.59 Å². The monoisotopic (exact) mass is 542 g/mol. The molecule has 0 aliphatic carbocycles. The van der Waals surface area contributed by atoms with Crippen molar-refractivity contribution in [2.75, 3.05) is 23.7 Å². The zero-order valence-corrected chi connectivity index (χ0v) is 22.0. The Morgan fingerprint density at radius 2 is 1.68 bits per heavy atom. The van der Waals surface area contributed by atoms with Gasteiger partial charge in [-0.25, -0.2) is 4.98 Å². The average Bonchev–Trinajstić information content (AvgIpc) is 2.87. The summed E-state index contributed by atoms with van der Waals surface area (Å²) in [6.45, 7) is 5.56. The molecule has 1 aliphatic heterocycles. The minimum absolute atomic E-state index is 0.0224. The van der Waals surface area contributed by atoms with Crippen LogP contribution in [0.4, 0.5) is 11.5 Å². The smallest absolute Gasteiger partial charge is 0.259 e. The van der Waals surface area contributed by atoms with Crippen LogP contribution in [0.1, 0.15) is 47.4 Å². The molecule has 194 valence electrons. The number of carbonyl (C=O) groups is 2. The molecule has 2 aromatic carbocycles. The van der Waals surface area contributed by atoms with E-state index in [1.54, 1.807) is 42.5 Å². The number of carbonyl (C=O) groups excluding carboxylic acids is 2. The Bertz CT molecular complexity index is 1260. The van der Waals surface area contributed by atoms with Crippen molar-refractivity contribution in [2.24, 2.45) is 0 Å². The van der Waals surface area contributed by atoms with Crippen molar-refractivity contribution in [1.29, 1.82) is 0 Å². The van der Waals surface area contributed by atoms with Gasteiger partial charge in [0.2, 0.25) is 0 Å². The second-order valence-electron chi connectivity index (χ2n) is 8.85. The van der Waals surface area contributed by atoms with Gasteiger partial charge in [0.1, 0.15) is 23.4 Å². The van der Waals surface area contributed by atoms with E-state index in [0.717, 1.165) is 25.9 Å². The number of ether oxygens (including phenoxy) is 2. The first-order valence-electron chi connectivity index (χ1n) is 12.0. The lowest BCUT2D eigenvalue weighted by atomic mass is 10.1. The van der Waals surface area contributed by atoms with Crippen LogP contribution in [0.2, 0.25) is 10.0 Å². The normalized spacial score (nSPS) is 13.8. The summed E-state index contributed by atoms with van der Waals surface area (Å²) >= 11 is 12.0. The fourth-order valence-corrected chi connectivity index (χ4v) is 4.15. The van der Waals surface area contributed by atoms with E-state index in [1.807, 2.05) is 13.8 Å². The van der Waals surface area contributed by atoms with Crippen molar-refractivity contribution in [3.05, 3.63) is 75.9 Å². The second kappa shape index (κ2) is 12.3. The molecule has 2 amide bonds. The molecule has 1 fully saturated rings. The quantitative estimate of drug-likeness (QED) is 0.332. The fraction of sp³-hybridized carbons (Fsp3) is 0.296. The summed E-state index contributed by atoms with van der Waals surface area (Å²) in [5, 5.41) is 9.62. The van der Waals surface area contributed by atoms with Crippen molar-refractivity contribution in [2.45, 2.75) is 38.9 Å². The summed E-state index contributed by atoms with van der Waals surface area (Å²) in [6, 6.07) is 13.0. The van der Waals surface area contributed by atoms with Gasteiger partial charge in [-0.3, -0.25) is 9.59 Å². The van der Waals surface area contributed by atoms with Crippen LogP contribution in [0.25, 0.3) is 0 Å². The summed E-state index contributed by atoms with van der Waals surface area (Å²) < 4.78 is 12.1. The number of amides is 2. The summed E-state index contributed by atoms with van der Waals surface area (Å²) in [7, 11) is 0. The van der Waals surface area contributed by atoms with Crippen LogP contribution in [0.15, 0.2) is 54.7 Å². The number of piperidine rings is 1. The Hall–Kier alpha value is -3.33. The Kier molecular flexibility index (Phi) is 8.87. The third kappa shape index (κ3) is 7.35. The Balaban J connectivity index is 1.59. The number of hydrogen-bond acceptors (Lipinski definition) is 6. The molecule has 8 nitrogen and oxygen atoms in total. The van der Waals surface area contributed by atoms with Crippen LogP contribution >= 0.6 is 23.2 Å². The predicted octanol–water partition coefficient (Wildman–Crippen LogP) is 5.81. The molecular formula is C27H28Cl2N4O4. The summed E-state index contributed by atoms with van der Waals surface area (Å²) in [5.74, 6) is 0.427. The molecule has 1 aromatic heterocycles. The van der Waals surface area contributed by atoms with E-state index in [1.165, 1.54) is 12.3 Å². The molecule has 1 saturated heterocycles. The highest BCUT2D eigenvalue weighted by Crippen LogP contribution is 2.30. The molecular weight excluding hydrogens is 515 g/mol. The van der Waals surface area contributed by atoms with E-state index in [4.69, 9.17) is 32.7 Å². The molecule has 1 aliphatic rings. The minimum atomic E-state index is -0.487. The fourth-order valence-electron chi connectivity index (χ4n) is 3.86. The van der Waals surface area contributed by atoms with Crippen LogP contribution in [0.3, 0.4) is 0 Å². The summed E-state index contributed by atoms with van der Waals surface area (Å²) in [5.41, 5.74) is 0.796. The van der Waals surface area contributed by atoms with Crippen LogP contribution in [-0.4, -0.2) is 42.1 Å². The first kappa shape index (κ1) is 26.7. The zero-order valence-electron chi connectivity index (χ0n) is 20.5. The number of nitrogens with one attached hydrogen (secondary N) is 3. The lowest BCUT2D eigenvalue weighted by Gasteiger charge is -2.25.